The van der Waals surface area contributed by atoms with E-state index in [-0.39, 0.29) is 16.6 Å². The lowest BCUT2D eigenvalue weighted by Gasteiger charge is -2.10. The van der Waals surface area contributed by atoms with Gasteiger partial charge in [-0.15, -0.1) is 5.10 Å². The minimum Gasteiger partial charge on any atom is -0.321 e. The highest BCUT2D eigenvalue weighted by Crippen LogP contribution is 2.15. The fourth-order valence-electron chi connectivity index (χ4n) is 2.34. The summed E-state index contributed by atoms with van der Waals surface area (Å²) in [5, 5.41) is 10.9. The second kappa shape index (κ2) is 7.68. The molecule has 9 heteroatoms. The average molecular weight is 385 g/mol. The smallest absolute Gasteiger partial charge is 0.277 e. The van der Waals surface area contributed by atoms with Gasteiger partial charge in [0.15, 0.2) is 5.69 Å². The second-order valence-electron chi connectivity index (χ2n) is 6.11. The first-order chi connectivity index (χ1) is 12.8. The standard InChI is InChI=1S/C18H19N5O3S/c1-13(2)22-27(25,26)16-10-8-14(9-11-16)20-18(24)17-12-19-23(21-17)15-6-4-3-5-7-15/h3-13,22H,1-2H3,(H,20,24). The van der Waals surface area contributed by atoms with Crippen LogP contribution in [0, 0.1) is 0 Å². The summed E-state index contributed by atoms with van der Waals surface area (Å²) in [7, 11) is -3.57. The number of aromatic nitrogens is 3. The Bertz CT molecular complexity index is 1030. The van der Waals surface area contributed by atoms with Crippen molar-refractivity contribution in [3.05, 3.63) is 66.5 Å². The van der Waals surface area contributed by atoms with Gasteiger partial charge in [-0.1, -0.05) is 18.2 Å². The molecule has 0 saturated carbocycles. The topological polar surface area (TPSA) is 106 Å². The minimum absolute atomic E-state index is 0.129. The Hall–Kier alpha value is -3.04. The number of sulfonamides is 1. The molecular weight excluding hydrogens is 366 g/mol. The fraction of sp³-hybridized carbons (Fsp3) is 0.167. The van der Waals surface area contributed by atoms with Gasteiger partial charge < -0.3 is 5.32 Å². The van der Waals surface area contributed by atoms with Gasteiger partial charge in [0.25, 0.3) is 5.91 Å². The number of amides is 1. The van der Waals surface area contributed by atoms with Crippen LogP contribution in [0.15, 0.2) is 65.7 Å². The number of anilines is 1. The van der Waals surface area contributed by atoms with Gasteiger partial charge in [-0.2, -0.15) is 9.90 Å². The molecule has 0 atom stereocenters. The summed E-state index contributed by atoms with van der Waals surface area (Å²) >= 11 is 0. The third-order valence-corrected chi connectivity index (χ3v) is 5.20. The summed E-state index contributed by atoms with van der Waals surface area (Å²) in [5.74, 6) is -0.437. The Kier molecular flexibility index (Phi) is 5.33. The molecule has 0 bridgehead atoms. The Balaban J connectivity index is 1.71. The molecule has 0 aliphatic heterocycles. The van der Waals surface area contributed by atoms with E-state index in [0.29, 0.717) is 5.69 Å². The predicted octanol–water partition coefficient (Wildman–Crippen LogP) is 2.21. The molecule has 1 aromatic heterocycles. The molecule has 1 heterocycles. The van der Waals surface area contributed by atoms with Gasteiger partial charge in [-0.25, -0.2) is 13.1 Å². The van der Waals surface area contributed by atoms with Crippen molar-refractivity contribution in [2.75, 3.05) is 5.32 Å². The van der Waals surface area contributed by atoms with Crippen molar-refractivity contribution in [3.8, 4) is 5.69 Å². The normalized spacial score (nSPS) is 11.5. The molecule has 1 amide bonds. The van der Waals surface area contributed by atoms with Gasteiger partial charge in [-0.3, -0.25) is 4.79 Å². The SMILES string of the molecule is CC(C)NS(=O)(=O)c1ccc(NC(=O)c2cnn(-c3ccccc3)n2)cc1. The third kappa shape index (κ3) is 4.57. The monoisotopic (exact) mass is 385 g/mol. The van der Waals surface area contributed by atoms with Crippen LogP contribution < -0.4 is 10.0 Å². The zero-order valence-electron chi connectivity index (χ0n) is 14.8. The summed E-state index contributed by atoms with van der Waals surface area (Å²) < 4.78 is 26.7. The van der Waals surface area contributed by atoms with Gasteiger partial charge >= 0.3 is 0 Å². The molecule has 0 aliphatic carbocycles. The molecule has 0 spiro atoms. The van der Waals surface area contributed by atoms with Gasteiger partial charge in [0.1, 0.15) is 0 Å². The molecule has 2 N–H and O–H groups in total. The van der Waals surface area contributed by atoms with Crippen LogP contribution in [0.3, 0.4) is 0 Å². The summed E-state index contributed by atoms with van der Waals surface area (Å²) in [6, 6.07) is 14.9. The Morgan fingerprint density at radius 3 is 2.33 bits per heavy atom. The number of hydrogen-bond donors (Lipinski definition) is 2. The number of carbonyl (C=O) groups is 1. The van der Waals surface area contributed by atoms with Crippen molar-refractivity contribution in [3.63, 3.8) is 0 Å². The minimum atomic E-state index is -3.57. The average Bonchev–Trinajstić information content (AvgIpc) is 3.12. The van der Waals surface area contributed by atoms with E-state index < -0.39 is 15.9 Å². The molecule has 0 fully saturated rings. The number of nitrogens with zero attached hydrogens (tertiary/aromatic N) is 3. The highest BCUT2D eigenvalue weighted by molar-refractivity contribution is 7.89. The van der Waals surface area contributed by atoms with Gasteiger partial charge in [0.05, 0.1) is 16.8 Å². The molecular formula is C18H19N5O3S. The number of carbonyl (C=O) groups excluding carboxylic acids is 1. The lowest BCUT2D eigenvalue weighted by atomic mass is 10.3. The van der Waals surface area contributed by atoms with Crippen LogP contribution in [-0.2, 0) is 10.0 Å². The molecule has 3 rings (SSSR count). The van der Waals surface area contributed by atoms with Crippen LogP contribution in [-0.4, -0.2) is 35.4 Å². The number of hydrogen-bond acceptors (Lipinski definition) is 5. The molecule has 0 unspecified atom stereocenters. The van der Waals surface area contributed by atoms with E-state index in [1.807, 2.05) is 30.3 Å². The first-order valence-corrected chi connectivity index (χ1v) is 9.75. The summed E-state index contributed by atoms with van der Waals surface area (Å²) in [6.45, 7) is 3.49. The maximum atomic E-state index is 12.3. The quantitative estimate of drug-likeness (QED) is 0.677. The molecule has 0 saturated heterocycles. The summed E-state index contributed by atoms with van der Waals surface area (Å²) in [6.07, 6.45) is 1.37. The van der Waals surface area contributed by atoms with E-state index in [1.165, 1.54) is 35.3 Å². The van der Waals surface area contributed by atoms with Crippen molar-refractivity contribution >= 4 is 21.6 Å². The van der Waals surface area contributed by atoms with E-state index in [0.717, 1.165) is 5.69 Å². The Morgan fingerprint density at radius 1 is 1.04 bits per heavy atom. The number of nitrogens with one attached hydrogen (secondary N) is 2. The van der Waals surface area contributed by atoms with E-state index in [4.69, 9.17) is 0 Å². The maximum Gasteiger partial charge on any atom is 0.277 e. The van der Waals surface area contributed by atoms with Crippen LogP contribution in [0.2, 0.25) is 0 Å². The van der Waals surface area contributed by atoms with Crippen molar-refractivity contribution in [2.24, 2.45) is 0 Å². The number of rotatable bonds is 6. The highest BCUT2D eigenvalue weighted by atomic mass is 32.2. The third-order valence-electron chi connectivity index (χ3n) is 3.52. The van der Waals surface area contributed by atoms with Gasteiger partial charge in [-0.05, 0) is 50.2 Å². The molecule has 2 aromatic carbocycles. The number of benzene rings is 2. The molecule has 0 aliphatic rings. The summed E-state index contributed by atoms with van der Waals surface area (Å²) in [5.41, 5.74) is 1.35. The second-order valence-corrected chi connectivity index (χ2v) is 7.82. The molecule has 8 nitrogen and oxygen atoms in total. The van der Waals surface area contributed by atoms with E-state index >= 15 is 0 Å². The van der Waals surface area contributed by atoms with Gasteiger partial charge in [0, 0.05) is 11.7 Å². The van der Waals surface area contributed by atoms with Crippen LogP contribution in [0.4, 0.5) is 5.69 Å². The van der Waals surface area contributed by atoms with Gasteiger partial charge in [0.2, 0.25) is 10.0 Å². The predicted molar refractivity (Wildman–Crippen MR) is 101 cm³/mol. The lowest BCUT2D eigenvalue weighted by molar-refractivity contribution is 0.102. The van der Waals surface area contributed by atoms with E-state index in [1.54, 1.807) is 13.8 Å². The van der Waals surface area contributed by atoms with Crippen molar-refractivity contribution in [1.82, 2.24) is 19.7 Å². The molecule has 0 radical (unpaired) electrons. The Morgan fingerprint density at radius 2 is 1.70 bits per heavy atom. The van der Waals surface area contributed by atoms with E-state index in [2.05, 4.69) is 20.2 Å². The van der Waals surface area contributed by atoms with Crippen LogP contribution in [0.5, 0.6) is 0 Å². The van der Waals surface area contributed by atoms with Crippen LogP contribution in [0.1, 0.15) is 24.3 Å². The first kappa shape index (κ1) is 18.7. The zero-order chi connectivity index (χ0) is 19.4. The lowest BCUT2D eigenvalue weighted by Crippen LogP contribution is -2.30. The van der Waals surface area contributed by atoms with Crippen molar-refractivity contribution in [1.29, 1.82) is 0 Å². The molecule has 3 aromatic rings. The maximum absolute atomic E-state index is 12.3. The first-order valence-electron chi connectivity index (χ1n) is 8.27. The van der Waals surface area contributed by atoms with E-state index in [9.17, 15) is 13.2 Å². The number of para-hydroxylation sites is 1. The van der Waals surface area contributed by atoms with Crippen LogP contribution >= 0.6 is 0 Å². The fourth-order valence-corrected chi connectivity index (χ4v) is 3.59. The Labute approximate surface area is 157 Å². The van der Waals surface area contributed by atoms with Crippen molar-refractivity contribution in [2.45, 2.75) is 24.8 Å². The molecule has 140 valence electrons. The zero-order valence-corrected chi connectivity index (χ0v) is 15.6. The van der Waals surface area contributed by atoms with Crippen LogP contribution in [0.25, 0.3) is 5.69 Å². The highest BCUT2D eigenvalue weighted by Gasteiger charge is 2.16. The molecule has 27 heavy (non-hydrogen) atoms. The van der Waals surface area contributed by atoms with Crippen molar-refractivity contribution < 1.29 is 13.2 Å². The summed E-state index contributed by atoms with van der Waals surface area (Å²) in [4.78, 5) is 13.8. The largest absolute Gasteiger partial charge is 0.321 e.